The van der Waals surface area contributed by atoms with Crippen LogP contribution in [0.2, 0.25) is 4.34 Å². The second kappa shape index (κ2) is 6.51. The molecule has 4 rings (SSSR count). The normalized spacial score (nSPS) is 20.2. The van der Waals surface area contributed by atoms with Crippen molar-refractivity contribution in [3.05, 3.63) is 81.8 Å². The first-order valence-electron chi connectivity index (χ1n) is 7.55. The van der Waals surface area contributed by atoms with Gasteiger partial charge in [0.2, 0.25) is 0 Å². The SMILES string of the molecule is S=C1NC(c2ccccn2)C(c2ccc(Cl)s2)N1c1ccccc1. The summed E-state index contributed by atoms with van der Waals surface area (Å²) in [7, 11) is 0. The van der Waals surface area contributed by atoms with Crippen LogP contribution < -0.4 is 10.2 Å². The predicted octanol–water partition coefficient (Wildman–Crippen LogP) is 4.97. The van der Waals surface area contributed by atoms with E-state index in [0.717, 1.165) is 20.6 Å². The van der Waals surface area contributed by atoms with Crippen LogP contribution in [0.5, 0.6) is 0 Å². The summed E-state index contributed by atoms with van der Waals surface area (Å²) in [6.07, 6.45) is 1.81. The van der Waals surface area contributed by atoms with E-state index in [9.17, 15) is 0 Å². The zero-order valence-corrected chi connectivity index (χ0v) is 15.0. The van der Waals surface area contributed by atoms with Crippen LogP contribution in [0, 0.1) is 0 Å². The Hall–Kier alpha value is -1.95. The molecule has 2 aromatic heterocycles. The lowest BCUT2D eigenvalue weighted by Gasteiger charge is -2.26. The predicted molar refractivity (Wildman–Crippen MR) is 104 cm³/mol. The molecule has 0 spiro atoms. The minimum atomic E-state index is -0.0198. The van der Waals surface area contributed by atoms with Crippen LogP contribution in [0.1, 0.15) is 22.7 Å². The molecule has 1 aromatic carbocycles. The fourth-order valence-corrected chi connectivity index (χ4v) is 4.53. The van der Waals surface area contributed by atoms with Crippen LogP contribution in [-0.2, 0) is 0 Å². The van der Waals surface area contributed by atoms with Gasteiger partial charge in [-0.3, -0.25) is 4.98 Å². The number of rotatable bonds is 3. The Kier molecular flexibility index (Phi) is 4.22. The fraction of sp³-hybridized carbons (Fsp3) is 0.111. The summed E-state index contributed by atoms with van der Waals surface area (Å²) in [5.41, 5.74) is 2.02. The summed E-state index contributed by atoms with van der Waals surface area (Å²) in [6.45, 7) is 0. The number of aromatic nitrogens is 1. The Balaban J connectivity index is 1.82. The highest BCUT2D eigenvalue weighted by atomic mass is 35.5. The van der Waals surface area contributed by atoms with Gasteiger partial charge in [-0.1, -0.05) is 35.9 Å². The summed E-state index contributed by atoms with van der Waals surface area (Å²) in [5, 5.41) is 4.14. The number of thiophene rings is 1. The second-order valence-corrected chi connectivity index (χ2v) is 7.61. The molecular weight excluding hydrogens is 358 g/mol. The van der Waals surface area contributed by atoms with Crippen LogP contribution in [0.25, 0.3) is 0 Å². The molecule has 0 bridgehead atoms. The maximum atomic E-state index is 6.19. The first-order chi connectivity index (χ1) is 11.7. The number of thiocarbonyl (C=S) groups is 1. The van der Waals surface area contributed by atoms with Crippen molar-refractivity contribution in [1.82, 2.24) is 10.3 Å². The van der Waals surface area contributed by atoms with Crippen molar-refractivity contribution < 1.29 is 0 Å². The van der Waals surface area contributed by atoms with E-state index in [1.165, 1.54) is 0 Å². The van der Waals surface area contributed by atoms with Crippen molar-refractivity contribution >= 4 is 46.0 Å². The van der Waals surface area contributed by atoms with Gasteiger partial charge in [0.15, 0.2) is 5.11 Å². The van der Waals surface area contributed by atoms with Gasteiger partial charge in [-0.25, -0.2) is 0 Å². The quantitative estimate of drug-likeness (QED) is 0.657. The largest absolute Gasteiger partial charge is 0.351 e. The highest BCUT2D eigenvalue weighted by molar-refractivity contribution is 7.80. The van der Waals surface area contributed by atoms with Crippen molar-refractivity contribution in [2.24, 2.45) is 0 Å². The summed E-state index contributed by atoms with van der Waals surface area (Å²) >= 11 is 13.4. The van der Waals surface area contributed by atoms with Crippen LogP contribution in [0.3, 0.4) is 0 Å². The molecule has 120 valence electrons. The van der Waals surface area contributed by atoms with Gasteiger partial charge in [-0.2, -0.15) is 0 Å². The number of anilines is 1. The molecule has 3 aromatic rings. The van der Waals surface area contributed by atoms with Gasteiger partial charge in [0.05, 0.1) is 22.1 Å². The van der Waals surface area contributed by atoms with Gasteiger partial charge in [0.1, 0.15) is 0 Å². The van der Waals surface area contributed by atoms with Gasteiger partial charge in [-0.15, -0.1) is 11.3 Å². The van der Waals surface area contributed by atoms with E-state index < -0.39 is 0 Å². The standard InChI is InChI=1S/C18H14ClN3S2/c19-15-10-9-14(24-15)17-16(13-8-4-5-11-20-13)21-18(23)22(17)12-6-2-1-3-7-12/h1-11,16-17H,(H,21,23). The minimum absolute atomic E-state index is 0.0198. The molecule has 0 radical (unpaired) electrons. The fourth-order valence-electron chi connectivity index (χ4n) is 3.00. The van der Waals surface area contributed by atoms with E-state index in [-0.39, 0.29) is 12.1 Å². The van der Waals surface area contributed by atoms with E-state index in [1.54, 1.807) is 11.3 Å². The molecule has 0 saturated carbocycles. The van der Waals surface area contributed by atoms with Crippen LogP contribution in [-0.4, -0.2) is 10.1 Å². The number of benzene rings is 1. The number of hydrogen-bond acceptors (Lipinski definition) is 3. The minimum Gasteiger partial charge on any atom is -0.351 e. The summed E-state index contributed by atoms with van der Waals surface area (Å²) in [4.78, 5) is 7.84. The molecule has 1 fully saturated rings. The second-order valence-electron chi connectivity index (χ2n) is 5.47. The van der Waals surface area contributed by atoms with Crippen molar-refractivity contribution in [2.75, 3.05) is 4.90 Å². The van der Waals surface area contributed by atoms with Gasteiger partial charge < -0.3 is 10.2 Å². The maximum Gasteiger partial charge on any atom is 0.174 e. The number of nitrogens with zero attached hydrogens (tertiary/aromatic N) is 2. The van der Waals surface area contributed by atoms with Crippen molar-refractivity contribution in [3.8, 4) is 0 Å². The van der Waals surface area contributed by atoms with E-state index in [4.69, 9.17) is 23.8 Å². The molecule has 2 unspecified atom stereocenters. The van der Waals surface area contributed by atoms with Crippen molar-refractivity contribution in [2.45, 2.75) is 12.1 Å². The third-order valence-electron chi connectivity index (χ3n) is 4.02. The molecule has 1 N–H and O–H groups in total. The van der Waals surface area contributed by atoms with Crippen molar-refractivity contribution in [3.63, 3.8) is 0 Å². The molecule has 0 aliphatic carbocycles. The topological polar surface area (TPSA) is 28.2 Å². The molecule has 24 heavy (non-hydrogen) atoms. The lowest BCUT2D eigenvalue weighted by Crippen LogP contribution is -2.28. The summed E-state index contributed by atoms with van der Waals surface area (Å²) in [5.74, 6) is 0. The Morgan fingerprint density at radius 1 is 1.04 bits per heavy atom. The van der Waals surface area contributed by atoms with Crippen LogP contribution >= 0.6 is 35.2 Å². The molecule has 1 aliphatic rings. The maximum absolute atomic E-state index is 6.19. The third-order valence-corrected chi connectivity index (χ3v) is 5.63. The molecule has 1 saturated heterocycles. The zero-order chi connectivity index (χ0) is 16.5. The van der Waals surface area contributed by atoms with Crippen LogP contribution in [0.4, 0.5) is 5.69 Å². The highest BCUT2D eigenvalue weighted by Gasteiger charge is 2.41. The van der Waals surface area contributed by atoms with Gasteiger partial charge in [-0.05, 0) is 48.6 Å². The number of para-hydroxylation sites is 1. The van der Waals surface area contributed by atoms with E-state index >= 15 is 0 Å². The lowest BCUT2D eigenvalue weighted by molar-refractivity contribution is 0.575. The number of pyridine rings is 1. The van der Waals surface area contributed by atoms with E-state index in [0.29, 0.717) is 5.11 Å². The Labute approximate surface area is 154 Å². The first-order valence-corrected chi connectivity index (χ1v) is 9.15. The number of halogens is 1. The lowest BCUT2D eigenvalue weighted by atomic mass is 10.0. The third kappa shape index (κ3) is 2.79. The molecule has 0 amide bonds. The zero-order valence-electron chi connectivity index (χ0n) is 12.6. The van der Waals surface area contributed by atoms with E-state index in [2.05, 4.69) is 33.4 Å². The Morgan fingerprint density at radius 2 is 1.83 bits per heavy atom. The highest BCUT2D eigenvalue weighted by Crippen LogP contribution is 2.44. The summed E-state index contributed by atoms with van der Waals surface area (Å²) < 4.78 is 0.774. The first kappa shape index (κ1) is 15.6. The summed E-state index contributed by atoms with van der Waals surface area (Å²) in [6, 6.07) is 20.1. The Bertz CT molecular complexity index is 851. The molecule has 1 aliphatic heterocycles. The van der Waals surface area contributed by atoms with Gasteiger partial charge in [0.25, 0.3) is 0 Å². The Morgan fingerprint density at radius 3 is 2.50 bits per heavy atom. The monoisotopic (exact) mass is 371 g/mol. The molecule has 2 atom stereocenters. The van der Waals surface area contributed by atoms with Gasteiger partial charge in [0, 0.05) is 16.8 Å². The number of hydrogen-bond donors (Lipinski definition) is 1. The van der Waals surface area contributed by atoms with E-state index in [1.807, 2.05) is 48.7 Å². The van der Waals surface area contributed by atoms with Crippen molar-refractivity contribution in [1.29, 1.82) is 0 Å². The van der Waals surface area contributed by atoms with Crippen LogP contribution in [0.15, 0.2) is 66.9 Å². The smallest absolute Gasteiger partial charge is 0.174 e. The molecule has 3 heterocycles. The average Bonchev–Trinajstić information content (AvgIpc) is 3.19. The molecular formula is C18H14ClN3S2. The van der Waals surface area contributed by atoms with Gasteiger partial charge >= 0.3 is 0 Å². The molecule has 6 heteroatoms. The average molecular weight is 372 g/mol. The number of nitrogens with one attached hydrogen (secondary N) is 1. The molecule has 3 nitrogen and oxygen atoms in total.